The summed E-state index contributed by atoms with van der Waals surface area (Å²) in [5, 5.41) is 0. The Hall–Kier alpha value is -2.83. The largest absolute Gasteiger partial charge is 0.494 e. The number of carbonyl (C=O) groups is 1. The van der Waals surface area contributed by atoms with Crippen molar-refractivity contribution in [2.24, 2.45) is 0 Å². The minimum absolute atomic E-state index is 0.0390. The molecule has 28 heavy (non-hydrogen) atoms. The van der Waals surface area contributed by atoms with Gasteiger partial charge in [-0.25, -0.2) is 8.78 Å². The first-order valence-corrected chi connectivity index (χ1v) is 9.30. The third kappa shape index (κ3) is 5.34. The Morgan fingerprint density at radius 1 is 0.964 bits per heavy atom. The SMILES string of the molecule is CCOc1ccc(OCC(=O)N2CCC(Oc3ccc(F)c(F)c3)CC2)cc1. The lowest BCUT2D eigenvalue weighted by atomic mass is 10.1. The Bertz CT molecular complexity index is 789. The van der Waals surface area contributed by atoms with E-state index in [-0.39, 0.29) is 18.6 Å². The molecule has 150 valence electrons. The van der Waals surface area contributed by atoms with Crippen molar-refractivity contribution < 1.29 is 27.8 Å². The normalized spacial score (nSPS) is 14.6. The van der Waals surface area contributed by atoms with Crippen molar-refractivity contribution in [3.05, 3.63) is 54.1 Å². The summed E-state index contributed by atoms with van der Waals surface area (Å²) < 4.78 is 42.8. The summed E-state index contributed by atoms with van der Waals surface area (Å²) in [6, 6.07) is 10.6. The lowest BCUT2D eigenvalue weighted by Gasteiger charge is -2.32. The molecule has 0 aromatic heterocycles. The van der Waals surface area contributed by atoms with Crippen LogP contribution in [0.25, 0.3) is 0 Å². The van der Waals surface area contributed by atoms with Gasteiger partial charge in [-0.1, -0.05) is 0 Å². The molecule has 1 amide bonds. The van der Waals surface area contributed by atoms with Gasteiger partial charge in [0, 0.05) is 32.0 Å². The second-order valence-electron chi connectivity index (χ2n) is 6.47. The van der Waals surface area contributed by atoms with Crippen LogP contribution in [0.1, 0.15) is 19.8 Å². The van der Waals surface area contributed by atoms with Gasteiger partial charge in [0.25, 0.3) is 5.91 Å². The molecule has 0 spiro atoms. The van der Waals surface area contributed by atoms with Crippen molar-refractivity contribution in [2.45, 2.75) is 25.9 Å². The van der Waals surface area contributed by atoms with E-state index >= 15 is 0 Å². The zero-order valence-electron chi connectivity index (χ0n) is 15.7. The number of likely N-dealkylation sites (tertiary alicyclic amines) is 1. The lowest BCUT2D eigenvalue weighted by Crippen LogP contribution is -2.43. The van der Waals surface area contributed by atoms with Gasteiger partial charge >= 0.3 is 0 Å². The average Bonchev–Trinajstić information content (AvgIpc) is 2.71. The molecule has 1 aliphatic heterocycles. The molecular formula is C21H23F2NO4. The van der Waals surface area contributed by atoms with Crippen LogP contribution in [0.4, 0.5) is 8.78 Å². The molecule has 1 fully saturated rings. The highest BCUT2D eigenvalue weighted by Gasteiger charge is 2.24. The molecule has 0 saturated carbocycles. The summed E-state index contributed by atoms with van der Waals surface area (Å²) in [5.41, 5.74) is 0. The van der Waals surface area contributed by atoms with Crippen LogP contribution in [-0.4, -0.2) is 43.2 Å². The molecule has 7 heteroatoms. The first-order chi connectivity index (χ1) is 13.5. The van der Waals surface area contributed by atoms with E-state index in [2.05, 4.69) is 0 Å². The Labute approximate surface area is 162 Å². The first-order valence-electron chi connectivity index (χ1n) is 9.30. The van der Waals surface area contributed by atoms with Crippen molar-refractivity contribution in [1.82, 2.24) is 4.90 Å². The van der Waals surface area contributed by atoms with E-state index in [0.29, 0.717) is 44.0 Å². The van der Waals surface area contributed by atoms with Crippen LogP contribution in [-0.2, 0) is 4.79 Å². The van der Waals surface area contributed by atoms with Crippen LogP contribution in [0.3, 0.4) is 0 Å². The smallest absolute Gasteiger partial charge is 0.260 e. The van der Waals surface area contributed by atoms with Gasteiger partial charge in [0.05, 0.1) is 6.61 Å². The minimum atomic E-state index is -0.934. The second kappa shape index (κ2) is 9.39. The molecule has 3 rings (SSSR count). The number of rotatable bonds is 7. The fourth-order valence-electron chi connectivity index (χ4n) is 3.00. The molecule has 5 nitrogen and oxygen atoms in total. The molecule has 0 aliphatic carbocycles. The van der Waals surface area contributed by atoms with Crippen molar-refractivity contribution in [3.8, 4) is 17.2 Å². The Morgan fingerprint density at radius 3 is 2.18 bits per heavy atom. The standard InChI is InChI=1S/C21H23F2NO4/c1-2-26-15-3-5-16(6-4-15)27-14-21(25)24-11-9-17(10-12-24)28-18-7-8-19(22)20(23)13-18/h3-8,13,17H,2,9-12,14H2,1H3. The maximum absolute atomic E-state index is 13.3. The number of piperidine rings is 1. The first kappa shape index (κ1) is 19.9. The molecule has 0 atom stereocenters. The molecule has 0 radical (unpaired) electrons. The van der Waals surface area contributed by atoms with Gasteiger partial charge in [0.15, 0.2) is 18.2 Å². The van der Waals surface area contributed by atoms with Gasteiger partial charge in [0.2, 0.25) is 0 Å². The van der Waals surface area contributed by atoms with E-state index in [1.165, 1.54) is 6.07 Å². The summed E-state index contributed by atoms with van der Waals surface area (Å²) in [5.74, 6) is -0.280. The van der Waals surface area contributed by atoms with E-state index in [9.17, 15) is 13.6 Å². The van der Waals surface area contributed by atoms with E-state index in [1.807, 2.05) is 6.92 Å². The predicted molar refractivity (Wildman–Crippen MR) is 99.7 cm³/mol. The number of halogens is 2. The average molecular weight is 391 g/mol. The van der Waals surface area contributed by atoms with Gasteiger partial charge in [-0.05, 0) is 43.3 Å². The number of carbonyl (C=O) groups excluding carboxylic acids is 1. The monoisotopic (exact) mass is 391 g/mol. The van der Waals surface area contributed by atoms with Gasteiger partial charge < -0.3 is 19.1 Å². The fourth-order valence-corrected chi connectivity index (χ4v) is 3.00. The zero-order valence-corrected chi connectivity index (χ0v) is 15.7. The number of hydrogen-bond acceptors (Lipinski definition) is 4. The highest BCUT2D eigenvalue weighted by Crippen LogP contribution is 2.22. The van der Waals surface area contributed by atoms with Gasteiger partial charge in [-0.2, -0.15) is 0 Å². The summed E-state index contributed by atoms with van der Waals surface area (Å²) in [6.45, 7) is 3.52. The molecule has 0 bridgehead atoms. The Morgan fingerprint density at radius 2 is 1.57 bits per heavy atom. The van der Waals surface area contributed by atoms with E-state index in [4.69, 9.17) is 14.2 Å². The second-order valence-corrected chi connectivity index (χ2v) is 6.47. The van der Waals surface area contributed by atoms with Crippen molar-refractivity contribution in [3.63, 3.8) is 0 Å². The fraction of sp³-hybridized carbons (Fsp3) is 0.381. The van der Waals surface area contributed by atoms with Crippen molar-refractivity contribution >= 4 is 5.91 Å². The lowest BCUT2D eigenvalue weighted by molar-refractivity contribution is -0.135. The maximum atomic E-state index is 13.3. The Kier molecular flexibility index (Phi) is 6.68. The molecule has 2 aromatic rings. The van der Waals surface area contributed by atoms with Crippen LogP contribution in [0.5, 0.6) is 17.2 Å². The highest BCUT2D eigenvalue weighted by molar-refractivity contribution is 5.77. The van der Waals surface area contributed by atoms with Crippen molar-refractivity contribution in [2.75, 3.05) is 26.3 Å². The molecule has 1 aliphatic rings. The summed E-state index contributed by atoms with van der Waals surface area (Å²) in [4.78, 5) is 14.1. The molecule has 0 N–H and O–H groups in total. The maximum Gasteiger partial charge on any atom is 0.260 e. The zero-order chi connectivity index (χ0) is 19.9. The Balaban J connectivity index is 1.42. The molecule has 0 unspecified atom stereocenters. The third-order valence-corrected chi connectivity index (χ3v) is 4.49. The van der Waals surface area contributed by atoms with Crippen LogP contribution in [0.15, 0.2) is 42.5 Å². The molecule has 1 heterocycles. The number of amides is 1. The van der Waals surface area contributed by atoms with Crippen LogP contribution >= 0.6 is 0 Å². The molecular weight excluding hydrogens is 368 g/mol. The summed E-state index contributed by atoms with van der Waals surface area (Å²) in [7, 11) is 0. The van der Waals surface area contributed by atoms with E-state index in [0.717, 1.165) is 17.9 Å². The van der Waals surface area contributed by atoms with E-state index < -0.39 is 11.6 Å². The van der Waals surface area contributed by atoms with Crippen LogP contribution in [0.2, 0.25) is 0 Å². The van der Waals surface area contributed by atoms with Crippen molar-refractivity contribution in [1.29, 1.82) is 0 Å². The van der Waals surface area contributed by atoms with Gasteiger partial charge in [-0.15, -0.1) is 0 Å². The number of ether oxygens (including phenoxy) is 3. The van der Waals surface area contributed by atoms with Crippen LogP contribution in [0, 0.1) is 11.6 Å². The topological polar surface area (TPSA) is 48.0 Å². The van der Waals surface area contributed by atoms with Gasteiger partial charge in [-0.3, -0.25) is 4.79 Å². The summed E-state index contributed by atoms with van der Waals surface area (Å²) in [6.07, 6.45) is 1.10. The van der Waals surface area contributed by atoms with Gasteiger partial charge in [0.1, 0.15) is 23.4 Å². The predicted octanol–water partition coefficient (Wildman–Crippen LogP) is 3.81. The minimum Gasteiger partial charge on any atom is -0.494 e. The van der Waals surface area contributed by atoms with E-state index in [1.54, 1.807) is 29.2 Å². The molecule has 2 aromatic carbocycles. The number of benzene rings is 2. The van der Waals surface area contributed by atoms with Crippen LogP contribution < -0.4 is 14.2 Å². The number of nitrogens with zero attached hydrogens (tertiary/aromatic N) is 1. The highest BCUT2D eigenvalue weighted by atomic mass is 19.2. The number of hydrogen-bond donors (Lipinski definition) is 0. The summed E-state index contributed by atoms with van der Waals surface area (Å²) >= 11 is 0. The molecule has 1 saturated heterocycles. The quantitative estimate of drug-likeness (QED) is 0.720. The third-order valence-electron chi connectivity index (χ3n) is 4.49.